The van der Waals surface area contributed by atoms with Crippen molar-refractivity contribution >= 4 is 12.0 Å². The molecule has 1 aliphatic rings. The summed E-state index contributed by atoms with van der Waals surface area (Å²) in [6, 6.07) is 20.1. The Hall–Kier alpha value is -2.86. The summed E-state index contributed by atoms with van der Waals surface area (Å²) in [6.45, 7) is 1.51. The van der Waals surface area contributed by atoms with Gasteiger partial charge in [0.15, 0.2) is 0 Å². The Morgan fingerprint density at radius 1 is 0.957 bits per heavy atom. The highest BCUT2D eigenvalue weighted by Gasteiger charge is 2.21. The monoisotopic (exact) mass is 302 g/mol. The number of likely N-dealkylation sites (tertiary alicyclic amines) is 1. The lowest BCUT2D eigenvalue weighted by Crippen LogP contribution is -2.28. The highest BCUT2D eigenvalue weighted by Crippen LogP contribution is 2.20. The highest BCUT2D eigenvalue weighted by molar-refractivity contribution is 6.01. The molecule has 0 atom stereocenters. The van der Waals surface area contributed by atoms with Gasteiger partial charge < -0.3 is 4.90 Å². The Morgan fingerprint density at radius 3 is 2.17 bits per heavy atom. The molecule has 3 heteroatoms. The lowest BCUT2D eigenvalue weighted by molar-refractivity contribution is -0.125. The average Bonchev–Trinajstić information content (AvgIpc) is 3.15. The first kappa shape index (κ1) is 15.1. The van der Waals surface area contributed by atoms with Gasteiger partial charge in [0.2, 0.25) is 0 Å². The molecule has 0 radical (unpaired) electrons. The zero-order chi connectivity index (χ0) is 16.1. The normalized spacial score (nSPS) is 14.6. The van der Waals surface area contributed by atoms with Gasteiger partial charge in [0.05, 0.1) is 0 Å². The minimum absolute atomic E-state index is 0.155. The minimum atomic E-state index is -0.155. The smallest absolute Gasteiger partial charge is 0.264 e. The summed E-state index contributed by atoms with van der Waals surface area (Å²) in [5.74, 6) is -0.155. The lowest BCUT2D eigenvalue weighted by atomic mass is 10.0. The van der Waals surface area contributed by atoms with Crippen LogP contribution < -0.4 is 0 Å². The standard InChI is InChI=1S/C20H18N2O/c21-15-19(20(23)22-12-4-5-13-22)14-16-8-10-18(11-9-16)17-6-2-1-3-7-17/h1-3,6-11,14H,4-5,12-13H2. The van der Waals surface area contributed by atoms with E-state index in [0.29, 0.717) is 0 Å². The van der Waals surface area contributed by atoms with Gasteiger partial charge >= 0.3 is 0 Å². The van der Waals surface area contributed by atoms with E-state index in [0.717, 1.165) is 42.6 Å². The molecule has 2 aromatic carbocycles. The zero-order valence-corrected chi connectivity index (χ0v) is 12.9. The SMILES string of the molecule is N#CC(=Cc1ccc(-c2ccccc2)cc1)C(=O)N1CCCC1. The molecule has 1 aliphatic heterocycles. The van der Waals surface area contributed by atoms with Crippen LogP contribution >= 0.6 is 0 Å². The van der Waals surface area contributed by atoms with Crippen LogP contribution in [0.3, 0.4) is 0 Å². The quantitative estimate of drug-likeness (QED) is 0.638. The van der Waals surface area contributed by atoms with Gasteiger partial charge in [-0.05, 0) is 35.6 Å². The van der Waals surface area contributed by atoms with Crippen molar-refractivity contribution in [1.82, 2.24) is 4.90 Å². The van der Waals surface area contributed by atoms with E-state index in [1.54, 1.807) is 11.0 Å². The molecule has 1 fully saturated rings. The maximum absolute atomic E-state index is 12.3. The second-order valence-corrected chi connectivity index (χ2v) is 5.66. The molecule has 0 N–H and O–H groups in total. The zero-order valence-electron chi connectivity index (χ0n) is 12.9. The van der Waals surface area contributed by atoms with Crippen molar-refractivity contribution in [3.8, 4) is 17.2 Å². The third-order valence-electron chi connectivity index (χ3n) is 4.07. The van der Waals surface area contributed by atoms with Crippen LogP contribution in [0.15, 0.2) is 60.2 Å². The predicted octanol–water partition coefficient (Wildman–Crippen LogP) is 3.88. The number of hydrogen-bond acceptors (Lipinski definition) is 2. The summed E-state index contributed by atoms with van der Waals surface area (Å²) < 4.78 is 0. The van der Waals surface area contributed by atoms with Crippen molar-refractivity contribution in [2.75, 3.05) is 13.1 Å². The first-order valence-electron chi connectivity index (χ1n) is 7.84. The van der Waals surface area contributed by atoms with E-state index in [1.165, 1.54) is 0 Å². The summed E-state index contributed by atoms with van der Waals surface area (Å²) >= 11 is 0. The second kappa shape index (κ2) is 6.93. The Balaban J connectivity index is 1.81. The van der Waals surface area contributed by atoms with Gasteiger partial charge in [-0.1, -0.05) is 54.6 Å². The van der Waals surface area contributed by atoms with Crippen LogP contribution in [0, 0.1) is 11.3 Å². The molecule has 3 nitrogen and oxygen atoms in total. The number of amides is 1. The Kier molecular flexibility index (Phi) is 4.54. The van der Waals surface area contributed by atoms with Gasteiger partial charge in [-0.25, -0.2) is 0 Å². The first-order valence-corrected chi connectivity index (χ1v) is 7.84. The maximum Gasteiger partial charge on any atom is 0.264 e. The summed E-state index contributed by atoms with van der Waals surface area (Å²) in [5.41, 5.74) is 3.34. The van der Waals surface area contributed by atoms with E-state index < -0.39 is 0 Å². The Morgan fingerprint density at radius 2 is 1.57 bits per heavy atom. The van der Waals surface area contributed by atoms with Crippen LogP contribution in [0.4, 0.5) is 0 Å². The van der Waals surface area contributed by atoms with E-state index in [-0.39, 0.29) is 11.5 Å². The second-order valence-electron chi connectivity index (χ2n) is 5.66. The molecule has 1 heterocycles. The summed E-state index contributed by atoms with van der Waals surface area (Å²) in [4.78, 5) is 14.1. The molecule has 0 spiro atoms. The third-order valence-corrected chi connectivity index (χ3v) is 4.07. The van der Waals surface area contributed by atoms with E-state index >= 15 is 0 Å². The van der Waals surface area contributed by atoms with Crippen LogP contribution in [-0.4, -0.2) is 23.9 Å². The van der Waals surface area contributed by atoms with Crippen LogP contribution in [0.1, 0.15) is 18.4 Å². The predicted molar refractivity (Wildman–Crippen MR) is 91.3 cm³/mol. The van der Waals surface area contributed by atoms with Crippen molar-refractivity contribution in [1.29, 1.82) is 5.26 Å². The largest absolute Gasteiger partial charge is 0.338 e. The summed E-state index contributed by atoms with van der Waals surface area (Å²) in [6.07, 6.45) is 3.72. The fourth-order valence-corrected chi connectivity index (χ4v) is 2.80. The number of hydrogen-bond donors (Lipinski definition) is 0. The van der Waals surface area contributed by atoms with E-state index in [4.69, 9.17) is 0 Å². The molecular weight excluding hydrogens is 284 g/mol. The lowest BCUT2D eigenvalue weighted by Gasteiger charge is -2.14. The third kappa shape index (κ3) is 3.49. The molecule has 3 rings (SSSR count). The Labute approximate surface area is 136 Å². The molecule has 0 aliphatic carbocycles. The molecule has 1 amide bonds. The minimum Gasteiger partial charge on any atom is -0.338 e. The number of benzene rings is 2. The topological polar surface area (TPSA) is 44.1 Å². The van der Waals surface area contributed by atoms with Crippen LogP contribution in [-0.2, 0) is 4.79 Å². The molecule has 0 saturated carbocycles. The number of carbonyl (C=O) groups is 1. The molecule has 23 heavy (non-hydrogen) atoms. The fraction of sp³-hybridized carbons (Fsp3) is 0.200. The van der Waals surface area contributed by atoms with Crippen molar-refractivity contribution in [3.05, 3.63) is 65.7 Å². The van der Waals surface area contributed by atoms with Gasteiger partial charge in [0.1, 0.15) is 11.6 Å². The van der Waals surface area contributed by atoms with Gasteiger partial charge in [-0.2, -0.15) is 5.26 Å². The molecule has 0 unspecified atom stereocenters. The summed E-state index contributed by atoms with van der Waals surface area (Å²) in [7, 11) is 0. The van der Waals surface area contributed by atoms with E-state index in [2.05, 4.69) is 12.1 Å². The molecule has 114 valence electrons. The fourth-order valence-electron chi connectivity index (χ4n) is 2.80. The van der Waals surface area contributed by atoms with E-state index in [1.807, 2.05) is 48.5 Å². The van der Waals surface area contributed by atoms with E-state index in [9.17, 15) is 10.1 Å². The molecule has 0 aromatic heterocycles. The molecular formula is C20H18N2O. The van der Waals surface area contributed by atoms with Crippen molar-refractivity contribution in [3.63, 3.8) is 0 Å². The number of carbonyl (C=O) groups excluding carboxylic acids is 1. The van der Waals surface area contributed by atoms with Crippen LogP contribution in [0.25, 0.3) is 17.2 Å². The number of nitriles is 1. The number of nitrogens with zero attached hydrogens (tertiary/aromatic N) is 2. The van der Waals surface area contributed by atoms with Gasteiger partial charge in [-0.15, -0.1) is 0 Å². The van der Waals surface area contributed by atoms with Crippen molar-refractivity contribution in [2.24, 2.45) is 0 Å². The van der Waals surface area contributed by atoms with Gasteiger partial charge in [-0.3, -0.25) is 4.79 Å². The molecule has 1 saturated heterocycles. The summed E-state index contributed by atoms with van der Waals surface area (Å²) in [5, 5.41) is 9.28. The van der Waals surface area contributed by atoms with Gasteiger partial charge in [0, 0.05) is 13.1 Å². The van der Waals surface area contributed by atoms with Crippen LogP contribution in [0.2, 0.25) is 0 Å². The average molecular weight is 302 g/mol. The van der Waals surface area contributed by atoms with Crippen LogP contribution in [0.5, 0.6) is 0 Å². The Bertz CT molecular complexity index is 748. The van der Waals surface area contributed by atoms with Crippen molar-refractivity contribution in [2.45, 2.75) is 12.8 Å². The molecule has 2 aromatic rings. The molecule has 0 bridgehead atoms. The maximum atomic E-state index is 12.3. The number of rotatable bonds is 3. The van der Waals surface area contributed by atoms with Crippen molar-refractivity contribution < 1.29 is 4.79 Å². The first-order chi connectivity index (χ1) is 11.3. The highest BCUT2D eigenvalue weighted by atomic mass is 16.2. The van der Waals surface area contributed by atoms with Gasteiger partial charge in [0.25, 0.3) is 5.91 Å².